The summed E-state index contributed by atoms with van der Waals surface area (Å²) < 4.78 is 33.8. The number of benzene rings is 2. The van der Waals surface area contributed by atoms with Crippen molar-refractivity contribution < 1.29 is 17.9 Å². The molecule has 0 aliphatic carbocycles. The minimum absolute atomic E-state index is 0.151. The van der Waals surface area contributed by atoms with E-state index in [9.17, 15) is 13.2 Å². The molecule has 3 aromatic rings. The zero-order valence-corrected chi connectivity index (χ0v) is 20.8. The van der Waals surface area contributed by atoms with Crippen LogP contribution in [0.2, 0.25) is 0 Å². The maximum Gasteiger partial charge on any atom is 0.257 e. The third-order valence-corrected chi connectivity index (χ3v) is 9.11. The van der Waals surface area contributed by atoms with Crippen molar-refractivity contribution >= 4 is 60.1 Å². The van der Waals surface area contributed by atoms with E-state index >= 15 is 0 Å². The van der Waals surface area contributed by atoms with E-state index in [1.807, 2.05) is 24.3 Å². The maximum atomic E-state index is 12.7. The van der Waals surface area contributed by atoms with E-state index in [0.29, 0.717) is 37.0 Å². The van der Waals surface area contributed by atoms with Crippen molar-refractivity contribution in [1.29, 1.82) is 0 Å². The molecule has 0 atom stereocenters. The Morgan fingerprint density at radius 3 is 2.47 bits per heavy atom. The topological polar surface area (TPSA) is 101 Å². The van der Waals surface area contributed by atoms with Gasteiger partial charge in [0.2, 0.25) is 15.2 Å². The lowest BCUT2D eigenvalue weighted by Crippen LogP contribution is -2.40. The quantitative estimate of drug-likeness (QED) is 0.349. The van der Waals surface area contributed by atoms with Gasteiger partial charge in [0.15, 0.2) is 4.34 Å². The summed E-state index contributed by atoms with van der Waals surface area (Å²) >= 11 is 6.24. The highest BCUT2D eigenvalue weighted by molar-refractivity contribution is 9.10. The molecule has 1 amide bonds. The second kappa shape index (κ2) is 10.4. The molecule has 1 aliphatic heterocycles. The van der Waals surface area contributed by atoms with Crippen molar-refractivity contribution in [3.63, 3.8) is 0 Å². The van der Waals surface area contributed by atoms with E-state index in [2.05, 4.69) is 31.4 Å². The van der Waals surface area contributed by atoms with Gasteiger partial charge in [0.1, 0.15) is 0 Å². The van der Waals surface area contributed by atoms with Gasteiger partial charge >= 0.3 is 0 Å². The minimum Gasteiger partial charge on any atom is -0.379 e. The molecule has 0 radical (unpaired) electrons. The summed E-state index contributed by atoms with van der Waals surface area (Å²) in [6.07, 6.45) is 0. The van der Waals surface area contributed by atoms with Crippen LogP contribution in [0.3, 0.4) is 0 Å². The van der Waals surface area contributed by atoms with E-state index in [1.54, 1.807) is 0 Å². The first-order valence-corrected chi connectivity index (χ1v) is 13.7. The van der Waals surface area contributed by atoms with Crippen LogP contribution in [0.4, 0.5) is 5.13 Å². The SMILES string of the molecule is O=C(Nc1nnc(SCc2ccc(Br)cc2)s1)c1ccc(S(=O)(=O)N2CCOCC2)cc1. The lowest BCUT2D eigenvalue weighted by Gasteiger charge is -2.26. The molecule has 0 saturated carbocycles. The fraction of sp³-hybridized carbons (Fsp3) is 0.250. The van der Waals surface area contributed by atoms with Gasteiger partial charge in [-0.15, -0.1) is 10.2 Å². The van der Waals surface area contributed by atoms with Crippen LogP contribution in [-0.2, 0) is 20.5 Å². The molecule has 1 N–H and O–H groups in total. The highest BCUT2D eigenvalue weighted by atomic mass is 79.9. The summed E-state index contributed by atoms with van der Waals surface area (Å²) in [6.45, 7) is 1.41. The number of thioether (sulfide) groups is 1. The highest BCUT2D eigenvalue weighted by Crippen LogP contribution is 2.29. The number of carbonyl (C=O) groups is 1. The first-order chi connectivity index (χ1) is 15.4. The van der Waals surface area contributed by atoms with Crippen molar-refractivity contribution in [1.82, 2.24) is 14.5 Å². The molecule has 32 heavy (non-hydrogen) atoms. The predicted molar refractivity (Wildman–Crippen MR) is 128 cm³/mol. The normalized spacial score (nSPS) is 14.9. The smallest absolute Gasteiger partial charge is 0.257 e. The van der Waals surface area contributed by atoms with Crippen LogP contribution in [0.25, 0.3) is 0 Å². The van der Waals surface area contributed by atoms with Gasteiger partial charge in [-0.05, 0) is 42.0 Å². The molecule has 1 aliphatic rings. The van der Waals surface area contributed by atoms with Crippen LogP contribution >= 0.6 is 39.0 Å². The molecule has 2 aromatic carbocycles. The second-order valence-electron chi connectivity index (χ2n) is 6.78. The van der Waals surface area contributed by atoms with E-state index in [-0.39, 0.29) is 10.8 Å². The Balaban J connectivity index is 1.35. The molecule has 4 rings (SSSR count). The Labute approximate surface area is 202 Å². The third-order valence-electron chi connectivity index (χ3n) is 4.63. The maximum absolute atomic E-state index is 12.7. The van der Waals surface area contributed by atoms with Crippen molar-refractivity contribution in [2.75, 3.05) is 31.6 Å². The monoisotopic (exact) mass is 554 g/mol. The number of morpholine rings is 1. The molecule has 12 heteroatoms. The molecular formula is C20H19BrN4O4S3. The number of carbonyl (C=O) groups excluding carboxylic acids is 1. The summed E-state index contributed by atoms with van der Waals surface area (Å²) in [4.78, 5) is 12.7. The van der Waals surface area contributed by atoms with Crippen LogP contribution in [0.5, 0.6) is 0 Å². The number of hydrogen-bond acceptors (Lipinski definition) is 8. The molecule has 0 bridgehead atoms. The van der Waals surface area contributed by atoms with E-state index in [4.69, 9.17) is 4.74 Å². The lowest BCUT2D eigenvalue weighted by molar-refractivity contribution is 0.0730. The van der Waals surface area contributed by atoms with Crippen molar-refractivity contribution in [2.24, 2.45) is 0 Å². The third kappa shape index (κ3) is 5.74. The average molecular weight is 556 g/mol. The van der Waals surface area contributed by atoms with Crippen LogP contribution in [0.15, 0.2) is 62.2 Å². The first kappa shape index (κ1) is 23.3. The number of aromatic nitrogens is 2. The van der Waals surface area contributed by atoms with Crippen molar-refractivity contribution in [2.45, 2.75) is 15.0 Å². The summed E-state index contributed by atoms with van der Waals surface area (Å²) in [5.74, 6) is 0.371. The number of sulfonamides is 1. The molecule has 1 fully saturated rings. The Kier molecular flexibility index (Phi) is 7.59. The van der Waals surface area contributed by atoms with Crippen molar-refractivity contribution in [3.05, 3.63) is 64.1 Å². The Morgan fingerprint density at radius 1 is 1.09 bits per heavy atom. The van der Waals surface area contributed by atoms with Gasteiger partial charge in [0, 0.05) is 28.9 Å². The molecule has 8 nitrogen and oxygen atoms in total. The van der Waals surface area contributed by atoms with Gasteiger partial charge in [-0.1, -0.05) is 51.2 Å². The zero-order chi connectivity index (χ0) is 22.6. The van der Waals surface area contributed by atoms with Crippen LogP contribution < -0.4 is 5.32 Å². The molecule has 2 heterocycles. The fourth-order valence-electron chi connectivity index (χ4n) is 2.93. The van der Waals surface area contributed by atoms with Gasteiger partial charge in [-0.2, -0.15) is 4.31 Å². The molecule has 1 aromatic heterocycles. The Bertz CT molecular complexity index is 1180. The van der Waals surface area contributed by atoms with Gasteiger partial charge < -0.3 is 4.74 Å². The van der Waals surface area contributed by atoms with E-state index < -0.39 is 10.0 Å². The number of hydrogen-bond donors (Lipinski definition) is 1. The number of ether oxygens (including phenoxy) is 1. The summed E-state index contributed by atoms with van der Waals surface area (Å²) in [5, 5.41) is 11.2. The highest BCUT2D eigenvalue weighted by Gasteiger charge is 2.26. The standard InChI is InChI=1S/C20H19BrN4O4S3/c21-16-5-1-14(2-6-16)13-30-20-24-23-19(31-20)22-18(26)15-3-7-17(8-4-15)32(27,28)25-9-11-29-12-10-25/h1-8H,9-13H2,(H,22,23,26). The number of anilines is 1. The number of rotatable bonds is 7. The van der Waals surface area contributed by atoms with Crippen LogP contribution in [0, 0.1) is 0 Å². The molecule has 1 saturated heterocycles. The number of halogens is 1. The van der Waals surface area contributed by atoms with E-state index in [1.165, 1.54) is 51.7 Å². The van der Waals surface area contributed by atoms with Crippen LogP contribution in [0.1, 0.15) is 15.9 Å². The van der Waals surface area contributed by atoms with Gasteiger partial charge in [0.25, 0.3) is 5.91 Å². The summed E-state index contributed by atoms with van der Waals surface area (Å²) in [5.41, 5.74) is 1.50. The second-order valence-corrected chi connectivity index (χ2v) is 11.8. The molecular weight excluding hydrogens is 536 g/mol. The molecule has 168 valence electrons. The summed E-state index contributed by atoms with van der Waals surface area (Å²) in [6, 6.07) is 13.9. The zero-order valence-electron chi connectivity index (χ0n) is 16.7. The summed E-state index contributed by atoms with van der Waals surface area (Å²) in [7, 11) is -3.60. The first-order valence-electron chi connectivity index (χ1n) is 9.62. The number of amides is 1. The number of nitrogens with zero attached hydrogens (tertiary/aromatic N) is 3. The largest absolute Gasteiger partial charge is 0.379 e. The Morgan fingerprint density at radius 2 is 1.78 bits per heavy atom. The van der Waals surface area contributed by atoms with Gasteiger partial charge in [-0.25, -0.2) is 8.42 Å². The van der Waals surface area contributed by atoms with Gasteiger partial charge in [-0.3, -0.25) is 10.1 Å². The number of nitrogens with one attached hydrogen (secondary N) is 1. The molecule has 0 unspecified atom stereocenters. The van der Waals surface area contributed by atoms with Crippen LogP contribution in [-0.4, -0.2) is 55.1 Å². The Hall–Kier alpha value is -1.83. The average Bonchev–Trinajstić information content (AvgIpc) is 3.26. The van der Waals surface area contributed by atoms with Gasteiger partial charge in [0.05, 0.1) is 18.1 Å². The fourth-order valence-corrected chi connectivity index (χ4v) is 6.30. The van der Waals surface area contributed by atoms with E-state index in [0.717, 1.165) is 20.1 Å². The van der Waals surface area contributed by atoms with Crippen molar-refractivity contribution in [3.8, 4) is 0 Å². The lowest BCUT2D eigenvalue weighted by atomic mass is 10.2. The molecule has 0 spiro atoms. The minimum atomic E-state index is -3.60. The predicted octanol–water partition coefficient (Wildman–Crippen LogP) is 3.87.